The molecule has 6 heteroatoms. The Hall–Kier alpha value is -2.70. The minimum absolute atomic E-state index is 0.407. The number of halogens is 2. The fraction of sp³-hybridized carbons (Fsp3) is 0.238. The third-order valence-corrected chi connectivity index (χ3v) is 4.95. The van der Waals surface area contributed by atoms with E-state index >= 15 is 0 Å². The molecule has 0 spiro atoms. The first-order valence-electron chi connectivity index (χ1n) is 8.71. The van der Waals surface area contributed by atoms with Crippen molar-refractivity contribution < 1.29 is 13.9 Å². The summed E-state index contributed by atoms with van der Waals surface area (Å²) in [6, 6.07) is 15.5. The summed E-state index contributed by atoms with van der Waals surface area (Å²) in [4.78, 5) is 9.88. The summed E-state index contributed by atoms with van der Waals surface area (Å²) in [5, 5.41) is 12.0. The summed E-state index contributed by atoms with van der Waals surface area (Å²) in [5.41, 5.74) is 0.229. The van der Waals surface area contributed by atoms with Gasteiger partial charge in [0.05, 0.1) is 19.1 Å². The van der Waals surface area contributed by atoms with Gasteiger partial charge in [-0.3, -0.25) is 14.9 Å². The van der Waals surface area contributed by atoms with Crippen LogP contribution in [0.5, 0.6) is 0 Å². The minimum Gasteiger partial charge on any atom is -0.378 e. The molecule has 1 aliphatic heterocycles. The van der Waals surface area contributed by atoms with Gasteiger partial charge in [-0.1, -0.05) is 42.5 Å². The van der Waals surface area contributed by atoms with Crippen molar-refractivity contribution in [2.24, 2.45) is 0 Å². The van der Waals surface area contributed by atoms with Gasteiger partial charge in [0.25, 0.3) is 5.92 Å². The first-order valence-corrected chi connectivity index (χ1v) is 8.71. The van der Waals surface area contributed by atoms with Crippen LogP contribution in [0.4, 0.5) is 8.78 Å². The van der Waals surface area contributed by atoms with E-state index in [0.29, 0.717) is 11.1 Å². The Bertz CT molecular complexity index is 844. The van der Waals surface area contributed by atoms with Crippen molar-refractivity contribution in [3.63, 3.8) is 0 Å². The van der Waals surface area contributed by atoms with Crippen LogP contribution < -0.4 is 0 Å². The molecule has 0 aliphatic carbocycles. The molecule has 138 valence electrons. The third kappa shape index (κ3) is 3.22. The summed E-state index contributed by atoms with van der Waals surface area (Å²) >= 11 is 0. The molecule has 0 radical (unpaired) electrons. The molecule has 1 atom stereocenters. The second kappa shape index (κ2) is 6.79. The number of aromatic nitrogens is 2. The Morgan fingerprint density at radius 2 is 1.44 bits per heavy atom. The summed E-state index contributed by atoms with van der Waals surface area (Å²) in [7, 11) is 0. The Balaban J connectivity index is 1.90. The second-order valence-corrected chi connectivity index (χ2v) is 6.82. The van der Waals surface area contributed by atoms with Crippen molar-refractivity contribution in [2.75, 3.05) is 13.1 Å². The molecule has 4 rings (SSSR count). The largest absolute Gasteiger partial charge is 0.378 e. The van der Waals surface area contributed by atoms with Gasteiger partial charge in [0, 0.05) is 35.9 Å². The van der Waals surface area contributed by atoms with Crippen LogP contribution in [-0.2, 0) is 5.60 Å². The van der Waals surface area contributed by atoms with Gasteiger partial charge >= 0.3 is 0 Å². The molecule has 1 aromatic carbocycles. The second-order valence-electron chi connectivity index (χ2n) is 6.82. The lowest BCUT2D eigenvalue weighted by Gasteiger charge is -2.50. The summed E-state index contributed by atoms with van der Waals surface area (Å²) < 4.78 is 27.4. The number of rotatable bonds is 5. The van der Waals surface area contributed by atoms with Gasteiger partial charge in [0.2, 0.25) is 0 Å². The lowest BCUT2D eigenvalue weighted by atomic mass is 9.76. The monoisotopic (exact) mass is 367 g/mol. The first-order chi connectivity index (χ1) is 13.0. The molecule has 0 amide bonds. The molecule has 1 aliphatic rings. The van der Waals surface area contributed by atoms with E-state index in [2.05, 4.69) is 9.97 Å². The van der Waals surface area contributed by atoms with Crippen molar-refractivity contribution in [1.82, 2.24) is 14.9 Å². The summed E-state index contributed by atoms with van der Waals surface area (Å²) in [6.07, 6.45) is 6.37. The zero-order valence-electron chi connectivity index (χ0n) is 14.5. The number of hydrogen-bond donors (Lipinski definition) is 1. The Kier molecular flexibility index (Phi) is 4.45. The summed E-state index contributed by atoms with van der Waals surface area (Å²) in [5.74, 6) is -2.75. The normalized spacial score (nSPS) is 17.9. The predicted molar refractivity (Wildman–Crippen MR) is 97.2 cm³/mol. The smallest absolute Gasteiger partial charge is 0.272 e. The van der Waals surface area contributed by atoms with Gasteiger partial charge < -0.3 is 5.11 Å². The topological polar surface area (TPSA) is 49.3 Å². The first kappa shape index (κ1) is 17.7. The van der Waals surface area contributed by atoms with E-state index in [0.717, 1.165) is 5.56 Å². The van der Waals surface area contributed by atoms with E-state index in [1.165, 1.54) is 0 Å². The number of likely N-dealkylation sites (tertiary alicyclic amines) is 1. The van der Waals surface area contributed by atoms with E-state index in [1.54, 1.807) is 54.0 Å². The number of alkyl halides is 2. The average molecular weight is 367 g/mol. The molecule has 1 saturated heterocycles. The number of benzene rings is 1. The van der Waals surface area contributed by atoms with Crippen molar-refractivity contribution in [3.05, 3.63) is 96.1 Å². The number of hydrogen-bond acceptors (Lipinski definition) is 4. The van der Waals surface area contributed by atoms with E-state index < -0.39 is 30.7 Å². The standard InChI is InChI=1S/C21H19F2N3O/c22-20(23)14-26(15-20)19(16-6-2-1-3-7-16)21(27,17-8-4-10-24-12-17)18-9-5-11-25-13-18/h1-13,19,27H,14-15H2. The van der Waals surface area contributed by atoms with Crippen LogP contribution in [0, 0.1) is 0 Å². The van der Waals surface area contributed by atoms with E-state index in [1.807, 2.05) is 30.3 Å². The lowest BCUT2D eigenvalue weighted by molar-refractivity contribution is -0.174. The maximum absolute atomic E-state index is 13.7. The molecule has 3 aromatic rings. The molecule has 1 fully saturated rings. The van der Waals surface area contributed by atoms with Crippen molar-refractivity contribution in [2.45, 2.75) is 17.6 Å². The molecular formula is C21H19F2N3O. The van der Waals surface area contributed by atoms with Crippen LogP contribution >= 0.6 is 0 Å². The van der Waals surface area contributed by atoms with Crippen molar-refractivity contribution in [1.29, 1.82) is 0 Å². The van der Waals surface area contributed by atoms with Gasteiger partial charge in [-0.25, -0.2) is 8.78 Å². The molecule has 3 heterocycles. The van der Waals surface area contributed by atoms with Crippen molar-refractivity contribution >= 4 is 0 Å². The molecule has 27 heavy (non-hydrogen) atoms. The zero-order chi connectivity index (χ0) is 18.9. The minimum atomic E-state index is -2.75. The van der Waals surface area contributed by atoms with Gasteiger partial charge in [-0.2, -0.15) is 0 Å². The molecule has 1 unspecified atom stereocenters. The van der Waals surface area contributed by atoms with Gasteiger partial charge in [0.15, 0.2) is 0 Å². The molecular weight excluding hydrogens is 348 g/mol. The molecule has 2 aromatic heterocycles. The Morgan fingerprint density at radius 1 is 0.889 bits per heavy atom. The van der Waals surface area contributed by atoms with E-state index in [9.17, 15) is 13.9 Å². The fourth-order valence-corrected chi connectivity index (χ4v) is 3.74. The van der Waals surface area contributed by atoms with Crippen LogP contribution in [0.1, 0.15) is 22.7 Å². The van der Waals surface area contributed by atoms with Crippen LogP contribution in [-0.4, -0.2) is 39.0 Å². The molecule has 1 N–H and O–H groups in total. The van der Waals surface area contributed by atoms with Gasteiger partial charge in [-0.05, 0) is 17.7 Å². The fourth-order valence-electron chi connectivity index (χ4n) is 3.74. The maximum Gasteiger partial charge on any atom is 0.272 e. The predicted octanol–water partition coefficient (Wildman–Crippen LogP) is 3.40. The molecule has 4 nitrogen and oxygen atoms in total. The average Bonchev–Trinajstić information content (AvgIpc) is 2.69. The third-order valence-electron chi connectivity index (χ3n) is 4.95. The van der Waals surface area contributed by atoms with Crippen LogP contribution in [0.2, 0.25) is 0 Å². The Morgan fingerprint density at radius 3 is 1.89 bits per heavy atom. The highest BCUT2D eigenvalue weighted by Crippen LogP contribution is 2.47. The van der Waals surface area contributed by atoms with Crippen LogP contribution in [0.25, 0.3) is 0 Å². The number of pyridine rings is 2. The zero-order valence-corrected chi connectivity index (χ0v) is 14.5. The van der Waals surface area contributed by atoms with Crippen molar-refractivity contribution in [3.8, 4) is 0 Å². The van der Waals surface area contributed by atoms with Gasteiger partial charge in [-0.15, -0.1) is 0 Å². The Labute approximate surface area is 156 Å². The van der Waals surface area contributed by atoms with Crippen LogP contribution in [0.15, 0.2) is 79.4 Å². The van der Waals surface area contributed by atoms with Gasteiger partial charge in [0.1, 0.15) is 5.60 Å². The highest BCUT2D eigenvalue weighted by atomic mass is 19.3. The number of nitrogens with zero attached hydrogens (tertiary/aromatic N) is 3. The highest BCUT2D eigenvalue weighted by molar-refractivity contribution is 5.40. The lowest BCUT2D eigenvalue weighted by Crippen LogP contribution is -2.61. The maximum atomic E-state index is 13.7. The van der Waals surface area contributed by atoms with Crippen LogP contribution in [0.3, 0.4) is 0 Å². The van der Waals surface area contributed by atoms with E-state index in [4.69, 9.17) is 0 Å². The molecule has 0 bridgehead atoms. The van der Waals surface area contributed by atoms with E-state index in [-0.39, 0.29) is 0 Å². The molecule has 0 saturated carbocycles. The SMILES string of the molecule is OC(c1cccnc1)(c1cccnc1)C(c1ccccc1)N1CC(F)(F)C1. The quantitative estimate of drug-likeness (QED) is 0.751. The number of aliphatic hydroxyl groups is 1. The highest BCUT2D eigenvalue weighted by Gasteiger charge is 2.54. The summed E-state index contributed by atoms with van der Waals surface area (Å²) in [6.45, 7) is -0.815.